The Kier molecular flexibility index (Phi) is 2.83. The summed E-state index contributed by atoms with van der Waals surface area (Å²) in [7, 11) is 0. The molecule has 0 spiro atoms. The van der Waals surface area contributed by atoms with E-state index in [1.807, 2.05) is 0 Å². The fraction of sp³-hybridized carbons (Fsp3) is 0.389. The van der Waals surface area contributed by atoms with E-state index in [-0.39, 0.29) is 5.56 Å². The Morgan fingerprint density at radius 3 is 2.54 bits per heavy atom. The normalized spacial score (nSPS) is 15.7. The van der Waals surface area contributed by atoms with Crippen molar-refractivity contribution in [3.8, 4) is 0 Å². The van der Waals surface area contributed by atoms with Crippen LogP contribution in [0, 0.1) is 6.92 Å². The van der Waals surface area contributed by atoms with Gasteiger partial charge in [0.05, 0.1) is 0 Å². The van der Waals surface area contributed by atoms with Gasteiger partial charge < -0.3 is 5.32 Å². The van der Waals surface area contributed by atoms with E-state index in [4.69, 9.17) is 0 Å². The third kappa shape index (κ3) is 1.92. The maximum atomic E-state index is 12.2. The van der Waals surface area contributed by atoms with Gasteiger partial charge in [-0.2, -0.15) is 9.50 Å². The number of hydrogen-bond donors (Lipinski definition) is 2. The average Bonchev–Trinajstić information content (AvgIpc) is 3.29. The molecular weight excluding hydrogens is 302 g/mol. The topological polar surface area (TPSA) is 75.1 Å². The summed E-state index contributed by atoms with van der Waals surface area (Å²) in [5.74, 6) is 0.983. The first-order chi connectivity index (χ1) is 11.7. The molecule has 3 aromatic rings. The lowest BCUT2D eigenvalue weighted by molar-refractivity contribution is 0.885. The van der Waals surface area contributed by atoms with Crippen LogP contribution in [0.25, 0.3) is 5.78 Å². The zero-order valence-electron chi connectivity index (χ0n) is 13.6. The number of H-pyrrole nitrogens is 1. The smallest absolute Gasteiger partial charge is 0.276 e. The first kappa shape index (κ1) is 13.8. The highest BCUT2D eigenvalue weighted by molar-refractivity contribution is 5.70. The van der Waals surface area contributed by atoms with Gasteiger partial charge in [0.2, 0.25) is 5.95 Å². The van der Waals surface area contributed by atoms with Crippen molar-refractivity contribution in [1.29, 1.82) is 0 Å². The van der Waals surface area contributed by atoms with Crippen molar-refractivity contribution in [3.63, 3.8) is 0 Å². The van der Waals surface area contributed by atoms with Crippen LogP contribution in [-0.2, 0) is 25.7 Å². The van der Waals surface area contributed by atoms with Crippen molar-refractivity contribution < 1.29 is 0 Å². The van der Waals surface area contributed by atoms with Crippen molar-refractivity contribution in [2.24, 2.45) is 0 Å². The molecule has 2 aliphatic rings. The highest BCUT2D eigenvalue weighted by Crippen LogP contribution is 2.39. The second kappa shape index (κ2) is 4.93. The maximum absolute atomic E-state index is 12.2. The highest BCUT2D eigenvalue weighted by Gasteiger charge is 2.24. The molecule has 24 heavy (non-hydrogen) atoms. The fourth-order valence-electron chi connectivity index (χ4n) is 4.09. The number of hydrogen-bond acceptors (Lipinski definition) is 4. The zero-order chi connectivity index (χ0) is 16.3. The van der Waals surface area contributed by atoms with Crippen LogP contribution in [0.1, 0.15) is 40.7 Å². The van der Waals surface area contributed by atoms with Gasteiger partial charge in [-0.1, -0.05) is 6.07 Å². The summed E-state index contributed by atoms with van der Waals surface area (Å²) in [6.07, 6.45) is 8.56. The van der Waals surface area contributed by atoms with Crippen molar-refractivity contribution in [3.05, 3.63) is 50.4 Å². The van der Waals surface area contributed by atoms with E-state index in [2.05, 4.69) is 26.4 Å². The van der Waals surface area contributed by atoms with Gasteiger partial charge in [0.25, 0.3) is 11.3 Å². The van der Waals surface area contributed by atoms with Gasteiger partial charge in [-0.05, 0) is 67.7 Å². The van der Waals surface area contributed by atoms with Crippen molar-refractivity contribution in [2.45, 2.75) is 45.4 Å². The van der Waals surface area contributed by atoms with Crippen LogP contribution in [0.4, 0.5) is 11.6 Å². The molecule has 0 saturated carbocycles. The number of aryl methyl sites for hydroxylation is 3. The lowest BCUT2D eigenvalue weighted by Gasteiger charge is -2.15. The largest absolute Gasteiger partial charge is 0.324 e. The van der Waals surface area contributed by atoms with E-state index in [0.717, 1.165) is 25.7 Å². The average molecular weight is 321 g/mol. The minimum Gasteiger partial charge on any atom is -0.324 e. The number of fused-ring (bicyclic) bond motifs is 3. The molecule has 122 valence electrons. The van der Waals surface area contributed by atoms with E-state index >= 15 is 0 Å². The third-order valence-electron chi connectivity index (χ3n) is 5.26. The Balaban J connectivity index is 1.64. The maximum Gasteiger partial charge on any atom is 0.276 e. The lowest BCUT2D eigenvalue weighted by atomic mass is 9.99. The molecule has 0 fully saturated rings. The first-order valence-corrected chi connectivity index (χ1v) is 8.58. The highest BCUT2D eigenvalue weighted by atomic mass is 16.1. The summed E-state index contributed by atoms with van der Waals surface area (Å²) in [4.78, 5) is 20.9. The van der Waals surface area contributed by atoms with Crippen LogP contribution in [0.15, 0.2) is 17.1 Å². The molecule has 2 aliphatic carbocycles. The molecule has 2 N–H and O–H groups in total. The second-order valence-corrected chi connectivity index (χ2v) is 6.81. The van der Waals surface area contributed by atoms with Crippen molar-refractivity contribution in [1.82, 2.24) is 19.6 Å². The summed E-state index contributed by atoms with van der Waals surface area (Å²) in [5, 5.41) is 6.53. The zero-order valence-corrected chi connectivity index (χ0v) is 13.6. The number of aromatic amines is 1. The van der Waals surface area contributed by atoms with E-state index in [1.165, 1.54) is 45.3 Å². The number of anilines is 2. The molecule has 5 rings (SSSR count). The van der Waals surface area contributed by atoms with Gasteiger partial charge in [-0.25, -0.2) is 4.98 Å². The van der Waals surface area contributed by atoms with Gasteiger partial charge in [-0.3, -0.25) is 9.89 Å². The minimum absolute atomic E-state index is 0.107. The van der Waals surface area contributed by atoms with Gasteiger partial charge in [0, 0.05) is 17.4 Å². The van der Waals surface area contributed by atoms with Crippen LogP contribution < -0.4 is 10.9 Å². The lowest BCUT2D eigenvalue weighted by Crippen LogP contribution is -2.17. The summed E-state index contributed by atoms with van der Waals surface area (Å²) in [5.41, 5.74) is 7.50. The monoisotopic (exact) mass is 321 g/mol. The van der Waals surface area contributed by atoms with Crippen molar-refractivity contribution in [2.75, 3.05) is 5.32 Å². The third-order valence-corrected chi connectivity index (χ3v) is 5.26. The van der Waals surface area contributed by atoms with Crippen LogP contribution in [-0.4, -0.2) is 19.6 Å². The molecular formula is C18H19N5O. The van der Waals surface area contributed by atoms with E-state index < -0.39 is 0 Å². The van der Waals surface area contributed by atoms with Gasteiger partial charge in [0.15, 0.2) is 0 Å². The van der Waals surface area contributed by atoms with Gasteiger partial charge in [-0.15, -0.1) is 0 Å². The minimum atomic E-state index is -0.107. The molecule has 1 aromatic carbocycles. The molecule has 0 bridgehead atoms. The number of rotatable bonds is 2. The number of aromatic nitrogens is 4. The van der Waals surface area contributed by atoms with Gasteiger partial charge in [0.1, 0.15) is 0 Å². The molecule has 2 heterocycles. The summed E-state index contributed by atoms with van der Waals surface area (Å²) in [6, 6.07) is 2.41. The Morgan fingerprint density at radius 1 is 1.12 bits per heavy atom. The molecule has 6 nitrogen and oxygen atoms in total. The quantitative estimate of drug-likeness (QED) is 0.760. The Hall–Kier alpha value is -2.63. The molecule has 0 aliphatic heterocycles. The number of benzene rings is 1. The first-order valence-electron chi connectivity index (χ1n) is 8.58. The van der Waals surface area contributed by atoms with Crippen LogP contribution >= 0.6 is 0 Å². The number of nitrogens with one attached hydrogen (secondary N) is 2. The second-order valence-electron chi connectivity index (χ2n) is 6.81. The van der Waals surface area contributed by atoms with Crippen molar-refractivity contribution >= 4 is 17.4 Å². The summed E-state index contributed by atoms with van der Waals surface area (Å²) in [6.45, 7) is 1.76. The number of nitrogens with zero attached hydrogens (tertiary/aromatic N) is 3. The summed E-state index contributed by atoms with van der Waals surface area (Å²) >= 11 is 0. The summed E-state index contributed by atoms with van der Waals surface area (Å²) < 4.78 is 1.40. The molecule has 2 aromatic heterocycles. The molecule has 0 saturated heterocycles. The molecule has 6 heteroatoms. The Labute approximate surface area is 138 Å². The molecule has 0 amide bonds. The van der Waals surface area contributed by atoms with Gasteiger partial charge >= 0.3 is 0 Å². The van der Waals surface area contributed by atoms with E-state index in [0.29, 0.717) is 17.3 Å². The molecule has 0 radical (unpaired) electrons. The fourth-order valence-corrected chi connectivity index (χ4v) is 4.09. The molecule has 0 atom stereocenters. The SMILES string of the molecule is Cc1cnc2nc(Nc3c4c(cc5c3CCC5)CCC4)[nH]n2c1=O. The van der Waals surface area contributed by atoms with Crippen LogP contribution in [0.2, 0.25) is 0 Å². The Morgan fingerprint density at radius 2 is 1.83 bits per heavy atom. The molecule has 0 unspecified atom stereocenters. The van der Waals surface area contributed by atoms with Crippen LogP contribution in [0.3, 0.4) is 0 Å². The Bertz CT molecular complexity index is 998. The standard InChI is InChI=1S/C18H19N5O/c1-10-9-19-18-21-17(22-23(18)16(10)24)20-15-13-6-2-4-11(13)8-12-5-3-7-14(12)15/h8-9H,2-7H2,1H3,(H2,19,20,21,22). The van der Waals surface area contributed by atoms with Crippen LogP contribution in [0.5, 0.6) is 0 Å². The van der Waals surface area contributed by atoms with E-state index in [1.54, 1.807) is 13.1 Å². The van der Waals surface area contributed by atoms with E-state index in [9.17, 15) is 4.79 Å². The predicted molar refractivity (Wildman–Crippen MR) is 92.1 cm³/mol. The predicted octanol–water partition coefficient (Wildman–Crippen LogP) is 2.45.